The van der Waals surface area contributed by atoms with Gasteiger partial charge in [0.25, 0.3) is 0 Å². The molecular weight excluding hydrogens is 229 g/mol. The van der Waals surface area contributed by atoms with E-state index in [-0.39, 0.29) is 5.82 Å². The molecule has 1 aromatic carbocycles. The molecule has 0 radical (unpaired) electrons. The van der Waals surface area contributed by atoms with Gasteiger partial charge in [-0.3, -0.25) is 4.90 Å². The molecule has 4 heteroatoms. The van der Waals surface area contributed by atoms with Crippen LogP contribution in [0.1, 0.15) is 18.5 Å². The monoisotopic (exact) mass is 249 g/mol. The Hall–Kier alpha value is -1.13. The third kappa shape index (κ3) is 1.99. The summed E-state index contributed by atoms with van der Waals surface area (Å²) in [5.41, 5.74) is 1.83. The van der Waals surface area contributed by atoms with E-state index in [1.165, 1.54) is 6.07 Å². The van der Waals surface area contributed by atoms with Crippen LogP contribution in [0.25, 0.3) is 0 Å². The van der Waals surface area contributed by atoms with Gasteiger partial charge in [-0.25, -0.2) is 4.39 Å². The maximum absolute atomic E-state index is 13.8. The summed E-state index contributed by atoms with van der Waals surface area (Å²) in [6.07, 6.45) is 0. The Morgan fingerprint density at radius 1 is 1.28 bits per heavy atom. The first-order valence-electron chi connectivity index (χ1n) is 6.74. The molecule has 0 saturated carbocycles. The Morgan fingerprint density at radius 2 is 2.06 bits per heavy atom. The van der Waals surface area contributed by atoms with Gasteiger partial charge >= 0.3 is 0 Å². The first kappa shape index (κ1) is 11.9. The van der Waals surface area contributed by atoms with Gasteiger partial charge in [-0.1, -0.05) is 19.1 Å². The molecule has 1 saturated heterocycles. The zero-order valence-electron chi connectivity index (χ0n) is 10.7. The van der Waals surface area contributed by atoms with Crippen molar-refractivity contribution in [3.05, 3.63) is 29.6 Å². The highest BCUT2D eigenvalue weighted by atomic mass is 19.1. The number of anilines is 1. The molecule has 2 atom stereocenters. The lowest BCUT2D eigenvalue weighted by Crippen LogP contribution is -2.48. The largest absolute Gasteiger partial charge is 0.382 e. The molecule has 0 spiro atoms. The van der Waals surface area contributed by atoms with Gasteiger partial charge in [0.2, 0.25) is 0 Å². The molecule has 1 fully saturated rings. The van der Waals surface area contributed by atoms with Gasteiger partial charge in [-0.15, -0.1) is 0 Å². The van der Waals surface area contributed by atoms with E-state index in [0.29, 0.717) is 17.6 Å². The van der Waals surface area contributed by atoms with Crippen LogP contribution in [-0.4, -0.2) is 37.6 Å². The van der Waals surface area contributed by atoms with Crippen molar-refractivity contribution in [1.82, 2.24) is 10.2 Å². The van der Waals surface area contributed by atoms with Gasteiger partial charge in [-0.05, 0) is 17.5 Å². The second kappa shape index (κ2) is 4.86. The van der Waals surface area contributed by atoms with E-state index in [0.717, 1.165) is 38.3 Å². The average Bonchev–Trinajstić information content (AvgIpc) is 2.40. The number of para-hydroxylation sites is 1. The Balaban J connectivity index is 1.96. The summed E-state index contributed by atoms with van der Waals surface area (Å²) in [5, 5.41) is 6.61. The van der Waals surface area contributed by atoms with Crippen LogP contribution in [0.4, 0.5) is 10.1 Å². The van der Waals surface area contributed by atoms with E-state index < -0.39 is 0 Å². The lowest BCUT2D eigenvalue weighted by molar-refractivity contribution is 0.131. The lowest BCUT2D eigenvalue weighted by atomic mass is 9.87. The number of rotatable bonds is 1. The number of hydrogen-bond acceptors (Lipinski definition) is 3. The van der Waals surface area contributed by atoms with Crippen LogP contribution in [0.3, 0.4) is 0 Å². The van der Waals surface area contributed by atoms with E-state index in [1.807, 2.05) is 6.07 Å². The highest BCUT2D eigenvalue weighted by Crippen LogP contribution is 2.38. The van der Waals surface area contributed by atoms with Crippen molar-refractivity contribution in [3.8, 4) is 0 Å². The first-order valence-corrected chi connectivity index (χ1v) is 6.74. The van der Waals surface area contributed by atoms with Crippen LogP contribution in [0.5, 0.6) is 0 Å². The SMILES string of the molecule is CC1CNc2c(F)cccc2C1N1CCNCC1. The fourth-order valence-corrected chi connectivity index (χ4v) is 3.17. The molecule has 2 N–H and O–H groups in total. The number of hydrogen-bond donors (Lipinski definition) is 2. The van der Waals surface area contributed by atoms with Crippen molar-refractivity contribution in [2.45, 2.75) is 13.0 Å². The Labute approximate surface area is 107 Å². The third-order valence-electron chi connectivity index (χ3n) is 4.05. The lowest BCUT2D eigenvalue weighted by Gasteiger charge is -2.42. The number of piperazine rings is 1. The average molecular weight is 249 g/mol. The molecule has 0 aliphatic carbocycles. The second-order valence-electron chi connectivity index (χ2n) is 5.29. The molecule has 2 aliphatic rings. The predicted octanol–water partition coefficient (Wildman–Crippen LogP) is 1.83. The van der Waals surface area contributed by atoms with Crippen LogP contribution < -0.4 is 10.6 Å². The number of nitrogens with zero attached hydrogens (tertiary/aromatic N) is 1. The fraction of sp³-hybridized carbons (Fsp3) is 0.571. The zero-order valence-corrected chi connectivity index (χ0v) is 10.7. The van der Waals surface area contributed by atoms with Gasteiger partial charge in [0.15, 0.2) is 0 Å². The first-order chi connectivity index (χ1) is 8.77. The highest BCUT2D eigenvalue weighted by Gasteiger charge is 2.32. The van der Waals surface area contributed by atoms with Gasteiger partial charge < -0.3 is 10.6 Å². The number of benzene rings is 1. The maximum atomic E-state index is 13.8. The Bertz CT molecular complexity index is 429. The highest BCUT2D eigenvalue weighted by molar-refractivity contribution is 5.56. The number of nitrogens with one attached hydrogen (secondary N) is 2. The third-order valence-corrected chi connectivity index (χ3v) is 4.05. The topological polar surface area (TPSA) is 27.3 Å². The van der Waals surface area contributed by atoms with Gasteiger partial charge in [-0.2, -0.15) is 0 Å². The Morgan fingerprint density at radius 3 is 2.83 bits per heavy atom. The molecule has 0 amide bonds. The molecule has 2 heterocycles. The quantitative estimate of drug-likeness (QED) is 0.795. The van der Waals surface area contributed by atoms with Crippen molar-refractivity contribution < 1.29 is 4.39 Å². The minimum absolute atomic E-state index is 0.125. The van der Waals surface area contributed by atoms with E-state index in [2.05, 4.69) is 28.5 Å². The standard InChI is InChI=1S/C14H20FN3/c1-10-9-17-13-11(3-2-4-12(13)15)14(10)18-7-5-16-6-8-18/h2-4,10,14,16-17H,5-9H2,1H3. The predicted molar refractivity (Wildman–Crippen MR) is 71.2 cm³/mol. The summed E-state index contributed by atoms with van der Waals surface area (Å²) < 4.78 is 13.8. The van der Waals surface area contributed by atoms with Crippen molar-refractivity contribution in [1.29, 1.82) is 0 Å². The van der Waals surface area contributed by atoms with Crippen molar-refractivity contribution >= 4 is 5.69 Å². The fourth-order valence-electron chi connectivity index (χ4n) is 3.17. The molecule has 3 nitrogen and oxygen atoms in total. The minimum Gasteiger partial charge on any atom is -0.382 e. The zero-order chi connectivity index (χ0) is 12.5. The van der Waals surface area contributed by atoms with Gasteiger partial charge in [0.1, 0.15) is 5.82 Å². The molecule has 3 rings (SSSR count). The molecule has 98 valence electrons. The number of fused-ring (bicyclic) bond motifs is 1. The molecule has 2 aliphatic heterocycles. The summed E-state index contributed by atoms with van der Waals surface area (Å²) in [6, 6.07) is 5.77. The van der Waals surface area contributed by atoms with Crippen LogP contribution >= 0.6 is 0 Å². The smallest absolute Gasteiger partial charge is 0.146 e. The normalized spacial score (nSPS) is 28.6. The minimum atomic E-state index is -0.125. The van der Waals surface area contributed by atoms with Crippen LogP contribution in [-0.2, 0) is 0 Å². The molecule has 1 aromatic rings. The van der Waals surface area contributed by atoms with E-state index in [9.17, 15) is 4.39 Å². The van der Waals surface area contributed by atoms with E-state index in [4.69, 9.17) is 0 Å². The molecule has 0 aromatic heterocycles. The van der Waals surface area contributed by atoms with Crippen molar-refractivity contribution in [2.75, 3.05) is 38.0 Å². The molecule has 18 heavy (non-hydrogen) atoms. The summed E-state index contributed by atoms with van der Waals surface area (Å²) in [4.78, 5) is 2.49. The maximum Gasteiger partial charge on any atom is 0.146 e. The van der Waals surface area contributed by atoms with E-state index in [1.54, 1.807) is 0 Å². The molecule has 2 unspecified atom stereocenters. The number of halogens is 1. The summed E-state index contributed by atoms with van der Waals surface area (Å²) >= 11 is 0. The molecule has 0 bridgehead atoms. The van der Waals surface area contributed by atoms with Crippen molar-refractivity contribution in [3.63, 3.8) is 0 Å². The summed E-state index contributed by atoms with van der Waals surface area (Å²) in [5.74, 6) is 0.386. The van der Waals surface area contributed by atoms with Gasteiger partial charge in [0, 0.05) is 38.8 Å². The molecular formula is C14H20FN3. The van der Waals surface area contributed by atoms with E-state index >= 15 is 0 Å². The van der Waals surface area contributed by atoms with Crippen LogP contribution in [0, 0.1) is 11.7 Å². The Kier molecular flexibility index (Phi) is 3.22. The van der Waals surface area contributed by atoms with Crippen LogP contribution in [0.15, 0.2) is 18.2 Å². The van der Waals surface area contributed by atoms with Crippen molar-refractivity contribution in [2.24, 2.45) is 5.92 Å². The summed E-state index contributed by atoms with van der Waals surface area (Å²) in [6.45, 7) is 7.24. The van der Waals surface area contributed by atoms with Gasteiger partial charge in [0.05, 0.1) is 5.69 Å². The second-order valence-corrected chi connectivity index (χ2v) is 5.29. The van der Waals surface area contributed by atoms with Crippen LogP contribution in [0.2, 0.25) is 0 Å². The summed E-state index contributed by atoms with van der Waals surface area (Å²) in [7, 11) is 0.